The molecule has 3 atom stereocenters. The van der Waals surface area contributed by atoms with Gasteiger partial charge in [-0.3, -0.25) is 0 Å². The highest BCUT2D eigenvalue weighted by Gasteiger charge is 2.43. The van der Waals surface area contributed by atoms with Gasteiger partial charge in [0.25, 0.3) is 0 Å². The van der Waals surface area contributed by atoms with Gasteiger partial charge < -0.3 is 18.9 Å². The van der Waals surface area contributed by atoms with Crippen LogP contribution in [0, 0.1) is 0 Å². The van der Waals surface area contributed by atoms with E-state index in [1.165, 1.54) is 0 Å². The first-order valence-corrected chi connectivity index (χ1v) is 5.11. The first kappa shape index (κ1) is 10.4. The molecule has 0 saturated carbocycles. The number of rotatable bonds is 6. The normalized spacial score (nSPS) is 42.2. The van der Waals surface area contributed by atoms with Gasteiger partial charge in [0.1, 0.15) is 13.2 Å². The third-order valence-corrected chi connectivity index (χ3v) is 2.48. The van der Waals surface area contributed by atoms with Gasteiger partial charge in [-0.2, -0.15) is 0 Å². The van der Waals surface area contributed by atoms with Gasteiger partial charge in [0.05, 0.1) is 12.7 Å². The average molecular weight is 202 g/mol. The largest absolute Gasteiger partial charge is 0.348 e. The fraction of sp³-hybridized carbons (Fsp3) is 1.00. The lowest BCUT2D eigenvalue weighted by atomic mass is 10.3. The Morgan fingerprint density at radius 3 is 2.29 bits per heavy atom. The van der Waals surface area contributed by atoms with Crippen molar-refractivity contribution >= 4 is 0 Å². The summed E-state index contributed by atoms with van der Waals surface area (Å²) in [4.78, 5) is 0. The lowest BCUT2D eigenvalue weighted by Crippen LogP contribution is -2.22. The minimum Gasteiger partial charge on any atom is -0.348 e. The molecule has 0 amide bonds. The molecule has 0 N–H and O–H groups in total. The Morgan fingerprint density at radius 2 is 1.79 bits per heavy atom. The van der Waals surface area contributed by atoms with Crippen molar-refractivity contribution < 1.29 is 18.9 Å². The van der Waals surface area contributed by atoms with Crippen LogP contribution in [0.3, 0.4) is 0 Å². The molecule has 0 radical (unpaired) electrons. The van der Waals surface area contributed by atoms with Crippen molar-refractivity contribution in [2.75, 3.05) is 19.8 Å². The maximum absolute atomic E-state index is 5.64. The summed E-state index contributed by atoms with van der Waals surface area (Å²) >= 11 is 0. The van der Waals surface area contributed by atoms with E-state index in [2.05, 4.69) is 0 Å². The molecule has 2 aliphatic heterocycles. The van der Waals surface area contributed by atoms with Crippen LogP contribution in [0.5, 0.6) is 0 Å². The van der Waals surface area contributed by atoms with Crippen LogP contribution in [-0.2, 0) is 18.9 Å². The highest BCUT2D eigenvalue weighted by molar-refractivity contribution is 4.78. The summed E-state index contributed by atoms with van der Waals surface area (Å²) in [6, 6.07) is 0. The predicted octanol–water partition coefficient (Wildman–Crippen LogP) is 1.29. The summed E-state index contributed by atoms with van der Waals surface area (Å²) < 4.78 is 21.4. The van der Waals surface area contributed by atoms with Crippen LogP contribution in [0.25, 0.3) is 0 Å². The van der Waals surface area contributed by atoms with Crippen LogP contribution >= 0.6 is 0 Å². The Bertz CT molecular complexity index is 208. The van der Waals surface area contributed by atoms with E-state index >= 15 is 0 Å². The number of hydrogen-bond donors (Lipinski definition) is 0. The van der Waals surface area contributed by atoms with Gasteiger partial charge in [-0.05, 0) is 27.2 Å². The van der Waals surface area contributed by atoms with Crippen LogP contribution in [0.1, 0.15) is 27.2 Å². The molecule has 3 unspecified atom stereocenters. The Labute approximate surface area is 84.5 Å². The summed E-state index contributed by atoms with van der Waals surface area (Å²) in [6.45, 7) is 8.03. The molecular weight excluding hydrogens is 184 g/mol. The van der Waals surface area contributed by atoms with Gasteiger partial charge in [0.15, 0.2) is 11.6 Å². The zero-order valence-electron chi connectivity index (χ0n) is 9.04. The molecule has 2 fully saturated rings. The van der Waals surface area contributed by atoms with E-state index in [1.54, 1.807) is 0 Å². The fourth-order valence-electron chi connectivity index (χ4n) is 1.28. The molecule has 0 spiro atoms. The SMILES string of the molecule is CC(CCOC1(C)CO1)OC1(C)CO1. The van der Waals surface area contributed by atoms with E-state index < -0.39 is 0 Å². The number of hydrogen-bond acceptors (Lipinski definition) is 4. The second kappa shape index (κ2) is 3.45. The van der Waals surface area contributed by atoms with Crippen molar-refractivity contribution in [2.45, 2.75) is 44.9 Å². The van der Waals surface area contributed by atoms with Crippen molar-refractivity contribution in [1.29, 1.82) is 0 Å². The van der Waals surface area contributed by atoms with E-state index in [0.29, 0.717) is 19.8 Å². The highest BCUT2D eigenvalue weighted by atomic mass is 16.8. The quantitative estimate of drug-likeness (QED) is 0.609. The van der Waals surface area contributed by atoms with Gasteiger partial charge >= 0.3 is 0 Å². The summed E-state index contributed by atoms with van der Waals surface area (Å²) in [5, 5.41) is 0. The van der Waals surface area contributed by atoms with Gasteiger partial charge in [0, 0.05) is 0 Å². The Kier molecular flexibility index (Phi) is 2.55. The molecule has 2 rings (SSSR count). The highest BCUT2D eigenvalue weighted by Crippen LogP contribution is 2.30. The lowest BCUT2D eigenvalue weighted by Gasteiger charge is -2.16. The first-order chi connectivity index (χ1) is 6.52. The van der Waals surface area contributed by atoms with Gasteiger partial charge in [-0.1, -0.05) is 0 Å². The second-order valence-corrected chi connectivity index (χ2v) is 4.41. The molecule has 14 heavy (non-hydrogen) atoms. The standard InChI is InChI=1S/C10H18O4/c1-8(14-10(3)7-13-10)4-5-11-9(2)6-12-9/h8H,4-7H2,1-3H3. The minimum absolute atomic E-state index is 0.171. The van der Waals surface area contributed by atoms with Crippen LogP contribution in [0.2, 0.25) is 0 Å². The zero-order chi connectivity index (χ0) is 10.2. The van der Waals surface area contributed by atoms with Gasteiger partial charge in [-0.25, -0.2) is 0 Å². The number of ether oxygens (including phenoxy) is 4. The Balaban J connectivity index is 1.56. The molecule has 2 saturated heterocycles. The summed E-state index contributed by atoms with van der Waals surface area (Å²) in [6.07, 6.45) is 1.04. The minimum atomic E-state index is -0.320. The van der Waals surface area contributed by atoms with Crippen LogP contribution in [0.4, 0.5) is 0 Å². The van der Waals surface area contributed by atoms with Crippen molar-refractivity contribution in [3.05, 3.63) is 0 Å². The van der Waals surface area contributed by atoms with Crippen LogP contribution < -0.4 is 0 Å². The summed E-state index contributed by atoms with van der Waals surface area (Å²) in [5.41, 5.74) is 0. The molecule has 4 nitrogen and oxygen atoms in total. The van der Waals surface area contributed by atoms with Crippen molar-refractivity contribution in [1.82, 2.24) is 0 Å². The maximum Gasteiger partial charge on any atom is 0.189 e. The lowest BCUT2D eigenvalue weighted by molar-refractivity contribution is -0.0935. The van der Waals surface area contributed by atoms with E-state index in [0.717, 1.165) is 6.42 Å². The molecule has 82 valence electrons. The average Bonchev–Trinajstić information content (AvgIpc) is 2.95. The molecule has 2 heterocycles. The third-order valence-electron chi connectivity index (χ3n) is 2.48. The second-order valence-electron chi connectivity index (χ2n) is 4.41. The van der Waals surface area contributed by atoms with Crippen molar-refractivity contribution in [3.8, 4) is 0 Å². The smallest absolute Gasteiger partial charge is 0.189 e. The van der Waals surface area contributed by atoms with Crippen molar-refractivity contribution in [2.24, 2.45) is 0 Å². The van der Waals surface area contributed by atoms with E-state index in [9.17, 15) is 0 Å². The molecule has 0 aromatic carbocycles. The van der Waals surface area contributed by atoms with E-state index in [4.69, 9.17) is 18.9 Å². The third kappa shape index (κ3) is 2.92. The molecule has 0 aromatic rings. The summed E-state index contributed by atoms with van der Waals surface area (Å²) in [7, 11) is 0. The number of epoxide rings is 2. The summed E-state index contributed by atoms with van der Waals surface area (Å²) in [5.74, 6) is -0.626. The maximum atomic E-state index is 5.64. The zero-order valence-corrected chi connectivity index (χ0v) is 9.04. The topological polar surface area (TPSA) is 43.5 Å². The van der Waals surface area contributed by atoms with Crippen LogP contribution in [-0.4, -0.2) is 37.5 Å². The molecular formula is C10H18O4. The molecule has 2 aliphatic rings. The molecule has 4 heteroatoms. The van der Waals surface area contributed by atoms with Crippen molar-refractivity contribution in [3.63, 3.8) is 0 Å². The van der Waals surface area contributed by atoms with Gasteiger partial charge in [0.2, 0.25) is 0 Å². The van der Waals surface area contributed by atoms with E-state index in [-0.39, 0.29) is 17.7 Å². The van der Waals surface area contributed by atoms with Gasteiger partial charge in [-0.15, -0.1) is 0 Å². The molecule has 0 aromatic heterocycles. The monoisotopic (exact) mass is 202 g/mol. The first-order valence-electron chi connectivity index (χ1n) is 5.11. The fourth-order valence-corrected chi connectivity index (χ4v) is 1.28. The Morgan fingerprint density at radius 1 is 1.21 bits per heavy atom. The Hall–Kier alpha value is -0.160. The molecule has 0 bridgehead atoms. The van der Waals surface area contributed by atoms with E-state index in [1.807, 2.05) is 20.8 Å². The van der Waals surface area contributed by atoms with Crippen LogP contribution in [0.15, 0.2) is 0 Å². The molecule has 0 aliphatic carbocycles. The predicted molar refractivity (Wildman–Crippen MR) is 49.8 cm³/mol.